The zero-order valence-electron chi connectivity index (χ0n) is 11.5. The zero-order chi connectivity index (χ0) is 15.2. The number of anilines is 2. The molecule has 6 heteroatoms. The van der Waals surface area contributed by atoms with E-state index in [0.717, 1.165) is 0 Å². The van der Waals surface area contributed by atoms with Gasteiger partial charge >= 0.3 is 6.03 Å². The smallest absolute Gasteiger partial charge is 0.323 e. The molecule has 0 atom stereocenters. The maximum atomic E-state index is 11.9. The van der Waals surface area contributed by atoms with Crippen LogP contribution in [0.1, 0.15) is 5.56 Å². The average Bonchev–Trinajstić information content (AvgIpc) is 2.47. The number of methoxy groups -OCH3 is 1. The molecular formula is C15H16N4O2. The van der Waals surface area contributed by atoms with Gasteiger partial charge in [0.1, 0.15) is 11.6 Å². The van der Waals surface area contributed by atoms with Crippen molar-refractivity contribution in [3.8, 4) is 5.75 Å². The van der Waals surface area contributed by atoms with Crippen molar-refractivity contribution >= 4 is 23.2 Å². The molecule has 2 aromatic carbocycles. The number of hydrogen-bond acceptors (Lipinski definition) is 3. The summed E-state index contributed by atoms with van der Waals surface area (Å²) in [5.74, 6) is 0.654. The summed E-state index contributed by atoms with van der Waals surface area (Å²) in [6.45, 7) is 0. The Morgan fingerprint density at radius 1 is 1.10 bits per heavy atom. The molecule has 21 heavy (non-hydrogen) atoms. The lowest BCUT2D eigenvalue weighted by Crippen LogP contribution is -2.19. The van der Waals surface area contributed by atoms with Crippen LogP contribution in [0.5, 0.6) is 5.75 Å². The lowest BCUT2D eigenvalue weighted by atomic mass is 10.2. The first-order valence-electron chi connectivity index (χ1n) is 6.25. The Kier molecular flexibility index (Phi) is 4.40. The molecule has 5 N–H and O–H groups in total. The third kappa shape index (κ3) is 3.97. The van der Waals surface area contributed by atoms with Gasteiger partial charge in [0.2, 0.25) is 0 Å². The van der Waals surface area contributed by atoms with Gasteiger partial charge < -0.3 is 21.1 Å². The van der Waals surface area contributed by atoms with Crippen molar-refractivity contribution in [1.82, 2.24) is 0 Å². The molecule has 0 unspecified atom stereocenters. The molecule has 6 nitrogen and oxygen atoms in total. The Balaban J connectivity index is 1.99. The first kappa shape index (κ1) is 14.4. The SMILES string of the molecule is COc1cccc(NC(=O)Nc2ccc(C(=N)N)cc2)c1. The van der Waals surface area contributed by atoms with Crippen LogP contribution in [0.2, 0.25) is 0 Å². The summed E-state index contributed by atoms with van der Waals surface area (Å²) >= 11 is 0. The summed E-state index contributed by atoms with van der Waals surface area (Å²) in [6, 6.07) is 13.4. The molecular weight excluding hydrogens is 268 g/mol. The molecule has 0 fully saturated rings. The highest BCUT2D eigenvalue weighted by atomic mass is 16.5. The summed E-state index contributed by atoms with van der Waals surface area (Å²) in [7, 11) is 1.57. The second-order valence-corrected chi connectivity index (χ2v) is 4.30. The topological polar surface area (TPSA) is 100 Å². The number of ether oxygens (including phenoxy) is 1. The lowest BCUT2D eigenvalue weighted by Gasteiger charge is -2.09. The number of carbonyl (C=O) groups excluding carboxylic acids is 1. The predicted molar refractivity (Wildman–Crippen MR) is 83.1 cm³/mol. The van der Waals surface area contributed by atoms with Crippen molar-refractivity contribution < 1.29 is 9.53 Å². The summed E-state index contributed by atoms with van der Waals surface area (Å²) in [5.41, 5.74) is 7.21. The Hall–Kier alpha value is -3.02. The number of nitrogens with one attached hydrogen (secondary N) is 3. The number of urea groups is 1. The van der Waals surface area contributed by atoms with Crippen LogP contribution in [0.25, 0.3) is 0 Å². The Morgan fingerprint density at radius 3 is 2.38 bits per heavy atom. The number of nitrogens with two attached hydrogens (primary N) is 1. The third-order valence-corrected chi connectivity index (χ3v) is 2.78. The van der Waals surface area contributed by atoms with E-state index in [4.69, 9.17) is 15.9 Å². The van der Waals surface area contributed by atoms with E-state index in [1.165, 1.54) is 0 Å². The Morgan fingerprint density at radius 2 is 1.76 bits per heavy atom. The van der Waals surface area contributed by atoms with Crippen LogP contribution in [0.3, 0.4) is 0 Å². The molecule has 0 radical (unpaired) electrons. The van der Waals surface area contributed by atoms with Crippen LogP contribution in [-0.2, 0) is 0 Å². The number of amidine groups is 1. The minimum atomic E-state index is -0.362. The van der Waals surface area contributed by atoms with E-state index in [0.29, 0.717) is 22.7 Å². The van der Waals surface area contributed by atoms with E-state index in [2.05, 4.69) is 10.6 Å². The Bertz CT molecular complexity index is 653. The van der Waals surface area contributed by atoms with Crippen LogP contribution in [0, 0.1) is 5.41 Å². The van der Waals surface area contributed by atoms with Crippen molar-refractivity contribution in [2.45, 2.75) is 0 Å². The second-order valence-electron chi connectivity index (χ2n) is 4.30. The highest BCUT2D eigenvalue weighted by Crippen LogP contribution is 2.17. The number of carbonyl (C=O) groups is 1. The number of rotatable bonds is 4. The predicted octanol–water partition coefficient (Wildman–Crippen LogP) is 2.62. The highest BCUT2D eigenvalue weighted by Gasteiger charge is 2.04. The van der Waals surface area contributed by atoms with Gasteiger partial charge in [0.15, 0.2) is 0 Å². The normalized spacial score (nSPS) is 9.76. The van der Waals surface area contributed by atoms with Crippen molar-refractivity contribution in [2.75, 3.05) is 17.7 Å². The molecule has 2 rings (SSSR count). The van der Waals surface area contributed by atoms with Gasteiger partial charge in [-0.1, -0.05) is 6.07 Å². The van der Waals surface area contributed by atoms with Crippen LogP contribution in [0.4, 0.5) is 16.2 Å². The van der Waals surface area contributed by atoms with Gasteiger partial charge in [-0.3, -0.25) is 5.41 Å². The molecule has 0 aromatic heterocycles. The van der Waals surface area contributed by atoms with Crippen molar-refractivity contribution in [1.29, 1.82) is 5.41 Å². The quantitative estimate of drug-likeness (QED) is 0.513. The highest BCUT2D eigenvalue weighted by molar-refractivity contribution is 6.00. The molecule has 0 aliphatic heterocycles. The van der Waals surface area contributed by atoms with Gasteiger partial charge in [-0.05, 0) is 36.4 Å². The van der Waals surface area contributed by atoms with Crippen molar-refractivity contribution in [3.05, 3.63) is 54.1 Å². The number of benzene rings is 2. The molecule has 0 aliphatic rings. The van der Waals surface area contributed by atoms with Gasteiger partial charge in [0.05, 0.1) is 7.11 Å². The van der Waals surface area contributed by atoms with Crippen LogP contribution in [-0.4, -0.2) is 19.0 Å². The number of nitrogen functional groups attached to an aromatic ring is 1. The molecule has 0 aliphatic carbocycles. The standard InChI is InChI=1S/C15H16N4O2/c1-21-13-4-2-3-12(9-13)19-15(20)18-11-7-5-10(6-8-11)14(16)17/h2-9H,1H3,(H3,16,17)(H2,18,19,20). The first-order valence-corrected chi connectivity index (χ1v) is 6.25. The lowest BCUT2D eigenvalue weighted by molar-refractivity contribution is 0.262. The average molecular weight is 284 g/mol. The second kappa shape index (κ2) is 6.42. The summed E-state index contributed by atoms with van der Waals surface area (Å²) in [5, 5.41) is 12.7. The van der Waals surface area contributed by atoms with Gasteiger partial charge in [-0.15, -0.1) is 0 Å². The molecule has 108 valence electrons. The van der Waals surface area contributed by atoms with Gasteiger partial charge in [0.25, 0.3) is 0 Å². The van der Waals surface area contributed by atoms with Crippen molar-refractivity contribution in [2.24, 2.45) is 5.73 Å². The fraction of sp³-hybridized carbons (Fsp3) is 0.0667. The van der Waals surface area contributed by atoms with E-state index in [9.17, 15) is 4.79 Å². The minimum absolute atomic E-state index is 0.0117. The molecule has 0 spiro atoms. The monoisotopic (exact) mass is 284 g/mol. The summed E-state index contributed by atoms with van der Waals surface area (Å²) < 4.78 is 5.09. The number of hydrogen-bond donors (Lipinski definition) is 4. The first-order chi connectivity index (χ1) is 10.1. The molecule has 2 amide bonds. The van der Waals surface area contributed by atoms with Crippen LogP contribution >= 0.6 is 0 Å². The zero-order valence-corrected chi connectivity index (χ0v) is 11.5. The molecule has 0 heterocycles. The van der Waals surface area contributed by atoms with E-state index in [1.54, 1.807) is 55.6 Å². The Labute approximate surface area is 122 Å². The maximum Gasteiger partial charge on any atom is 0.323 e. The van der Waals surface area contributed by atoms with E-state index >= 15 is 0 Å². The maximum absolute atomic E-state index is 11.9. The largest absolute Gasteiger partial charge is 0.497 e. The van der Waals surface area contributed by atoms with E-state index < -0.39 is 0 Å². The molecule has 0 saturated carbocycles. The molecule has 2 aromatic rings. The van der Waals surface area contributed by atoms with E-state index in [1.807, 2.05) is 0 Å². The van der Waals surface area contributed by atoms with Crippen LogP contribution in [0.15, 0.2) is 48.5 Å². The summed E-state index contributed by atoms with van der Waals surface area (Å²) in [4.78, 5) is 11.9. The fourth-order valence-electron chi connectivity index (χ4n) is 1.73. The van der Waals surface area contributed by atoms with Crippen LogP contribution < -0.4 is 21.1 Å². The third-order valence-electron chi connectivity index (χ3n) is 2.78. The molecule has 0 bridgehead atoms. The van der Waals surface area contributed by atoms with Gasteiger partial charge in [0, 0.05) is 23.0 Å². The number of amides is 2. The summed E-state index contributed by atoms with van der Waals surface area (Å²) in [6.07, 6.45) is 0. The minimum Gasteiger partial charge on any atom is -0.497 e. The van der Waals surface area contributed by atoms with Crippen molar-refractivity contribution in [3.63, 3.8) is 0 Å². The van der Waals surface area contributed by atoms with Gasteiger partial charge in [-0.25, -0.2) is 4.79 Å². The van der Waals surface area contributed by atoms with E-state index in [-0.39, 0.29) is 11.9 Å². The fourth-order valence-corrected chi connectivity index (χ4v) is 1.73. The molecule has 0 saturated heterocycles. The van der Waals surface area contributed by atoms with Gasteiger partial charge in [-0.2, -0.15) is 0 Å².